The predicted molar refractivity (Wildman–Crippen MR) is 74.7 cm³/mol. The third kappa shape index (κ3) is 2.45. The van der Waals surface area contributed by atoms with Crippen molar-refractivity contribution >= 4 is 11.8 Å². The quantitative estimate of drug-likeness (QED) is 0.606. The minimum atomic E-state index is 0.761. The summed E-state index contributed by atoms with van der Waals surface area (Å²) in [5.74, 6) is 0. The van der Waals surface area contributed by atoms with E-state index in [1.165, 1.54) is 38.5 Å². The molecule has 1 aliphatic heterocycles. The molecule has 88 valence electrons. The number of hydrogen-bond donors (Lipinski definition) is 0. The molecule has 0 nitrogen and oxygen atoms in total. The monoisotopic (exact) mass is 234 g/mol. The largest absolute Gasteiger partial charge is 0.122 e. The van der Waals surface area contributed by atoms with Crippen LogP contribution in [0.25, 0.3) is 0 Å². The van der Waals surface area contributed by atoms with Gasteiger partial charge >= 0.3 is 0 Å². The van der Waals surface area contributed by atoms with Crippen molar-refractivity contribution in [1.82, 2.24) is 0 Å². The first-order valence-corrected chi connectivity index (χ1v) is 7.53. The molecule has 0 bridgehead atoms. The van der Waals surface area contributed by atoms with E-state index in [0.29, 0.717) is 0 Å². The summed E-state index contributed by atoms with van der Waals surface area (Å²) in [6.07, 6.45) is 14.9. The Morgan fingerprint density at radius 1 is 1.19 bits per heavy atom. The standard InChI is InChI=1S/C15H22S/c1-3-5-10-14-12-8-7-9-13(12)15(16-14)11-6-4-2/h7-9,14H,3-6,10-11H2,1-2H3. The Bertz CT molecular complexity index is 333. The number of unbranched alkanes of at least 4 members (excludes halogenated alkanes) is 2. The third-order valence-corrected chi connectivity index (χ3v) is 4.84. The Balaban J connectivity index is 2.01. The van der Waals surface area contributed by atoms with Crippen molar-refractivity contribution in [3.63, 3.8) is 0 Å². The lowest BCUT2D eigenvalue weighted by Crippen LogP contribution is -2.00. The van der Waals surface area contributed by atoms with E-state index < -0.39 is 0 Å². The molecule has 0 fully saturated rings. The van der Waals surface area contributed by atoms with Crippen LogP contribution in [-0.2, 0) is 0 Å². The maximum atomic E-state index is 2.33. The molecule has 0 aromatic rings. The van der Waals surface area contributed by atoms with E-state index in [9.17, 15) is 0 Å². The van der Waals surface area contributed by atoms with Crippen molar-refractivity contribution < 1.29 is 0 Å². The van der Waals surface area contributed by atoms with Gasteiger partial charge in [-0.05, 0) is 35.3 Å². The Labute approximate surface area is 104 Å². The number of rotatable bonds is 6. The van der Waals surface area contributed by atoms with Gasteiger partial charge in [0.2, 0.25) is 0 Å². The van der Waals surface area contributed by atoms with E-state index in [1.54, 1.807) is 16.1 Å². The second-order valence-corrected chi connectivity index (χ2v) is 5.97. The lowest BCUT2D eigenvalue weighted by Gasteiger charge is -2.10. The van der Waals surface area contributed by atoms with Crippen LogP contribution in [0.15, 0.2) is 34.3 Å². The van der Waals surface area contributed by atoms with Crippen molar-refractivity contribution in [1.29, 1.82) is 0 Å². The SMILES string of the molecule is CCCCC1=C2C=CC=C2C(CCCC)S1. The first-order chi connectivity index (χ1) is 7.86. The van der Waals surface area contributed by atoms with Crippen molar-refractivity contribution in [3.05, 3.63) is 34.3 Å². The van der Waals surface area contributed by atoms with Gasteiger partial charge in [-0.25, -0.2) is 0 Å². The van der Waals surface area contributed by atoms with Crippen molar-refractivity contribution in [2.24, 2.45) is 0 Å². The fraction of sp³-hybridized carbons (Fsp3) is 0.600. The fourth-order valence-corrected chi connectivity index (χ4v) is 3.94. The molecule has 0 saturated heterocycles. The average molecular weight is 234 g/mol. The molecule has 2 aliphatic rings. The smallest absolute Gasteiger partial charge is 0.0347 e. The van der Waals surface area contributed by atoms with Crippen molar-refractivity contribution in [2.45, 2.75) is 57.6 Å². The molecule has 2 rings (SSSR count). The topological polar surface area (TPSA) is 0 Å². The summed E-state index contributed by atoms with van der Waals surface area (Å²) in [6, 6.07) is 0. The van der Waals surface area contributed by atoms with Crippen LogP contribution < -0.4 is 0 Å². The predicted octanol–water partition coefficient (Wildman–Crippen LogP) is 5.23. The van der Waals surface area contributed by atoms with Crippen LogP contribution in [-0.4, -0.2) is 5.25 Å². The van der Waals surface area contributed by atoms with Gasteiger partial charge in [0.25, 0.3) is 0 Å². The van der Waals surface area contributed by atoms with Gasteiger partial charge < -0.3 is 0 Å². The molecule has 1 atom stereocenters. The average Bonchev–Trinajstić information content (AvgIpc) is 2.86. The van der Waals surface area contributed by atoms with Gasteiger partial charge in [-0.3, -0.25) is 0 Å². The van der Waals surface area contributed by atoms with Gasteiger partial charge in [0.15, 0.2) is 0 Å². The van der Waals surface area contributed by atoms with E-state index in [4.69, 9.17) is 0 Å². The Morgan fingerprint density at radius 2 is 2.00 bits per heavy atom. The Hall–Kier alpha value is -0.430. The molecule has 1 heteroatoms. The minimum Gasteiger partial charge on any atom is -0.122 e. The van der Waals surface area contributed by atoms with Gasteiger partial charge in [-0.1, -0.05) is 51.3 Å². The molecule has 1 aliphatic carbocycles. The molecule has 0 amide bonds. The summed E-state index contributed by atoms with van der Waals surface area (Å²) in [4.78, 5) is 1.66. The van der Waals surface area contributed by atoms with Gasteiger partial charge in [0, 0.05) is 5.25 Å². The highest BCUT2D eigenvalue weighted by Crippen LogP contribution is 2.48. The summed E-state index contributed by atoms with van der Waals surface area (Å²) in [6.45, 7) is 4.56. The van der Waals surface area contributed by atoms with E-state index in [0.717, 1.165) is 5.25 Å². The molecule has 0 N–H and O–H groups in total. The Morgan fingerprint density at radius 3 is 2.75 bits per heavy atom. The third-order valence-electron chi connectivity index (χ3n) is 3.36. The molecule has 16 heavy (non-hydrogen) atoms. The summed E-state index contributed by atoms with van der Waals surface area (Å²) in [5.41, 5.74) is 3.18. The van der Waals surface area contributed by atoms with Crippen LogP contribution in [0.1, 0.15) is 52.4 Å². The molecule has 1 unspecified atom stereocenters. The lowest BCUT2D eigenvalue weighted by atomic mass is 10.0. The van der Waals surface area contributed by atoms with Crippen LogP contribution >= 0.6 is 11.8 Å². The van der Waals surface area contributed by atoms with E-state index in [-0.39, 0.29) is 0 Å². The summed E-state index contributed by atoms with van der Waals surface area (Å²) in [7, 11) is 0. The number of allylic oxidation sites excluding steroid dienone is 5. The zero-order valence-corrected chi connectivity index (χ0v) is 11.3. The van der Waals surface area contributed by atoms with Crippen LogP contribution in [0.3, 0.4) is 0 Å². The van der Waals surface area contributed by atoms with Crippen LogP contribution in [0.2, 0.25) is 0 Å². The number of thioether (sulfide) groups is 1. The van der Waals surface area contributed by atoms with E-state index in [1.807, 2.05) is 0 Å². The van der Waals surface area contributed by atoms with Crippen LogP contribution in [0.4, 0.5) is 0 Å². The highest BCUT2D eigenvalue weighted by atomic mass is 32.2. The summed E-state index contributed by atoms with van der Waals surface area (Å²) >= 11 is 2.14. The van der Waals surface area contributed by atoms with Crippen LogP contribution in [0, 0.1) is 0 Å². The fourth-order valence-electron chi connectivity index (χ4n) is 2.40. The highest BCUT2D eigenvalue weighted by molar-refractivity contribution is 8.04. The van der Waals surface area contributed by atoms with E-state index >= 15 is 0 Å². The van der Waals surface area contributed by atoms with Crippen molar-refractivity contribution in [3.8, 4) is 0 Å². The molecule has 0 aromatic carbocycles. The normalized spacial score (nSPS) is 22.9. The molecule has 0 spiro atoms. The summed E-state index contributed by atoms with van der Waals surface area (Å²) in [5, 5.41) is 0.761. The molecule has 0 radical (unpaired) electrons. The molecule has 1 heterocycles. The second-order valence-electron chi connectivity index (χ2n) is 4.67. The number of hydrogen-bond acceptors (Lipinski definition) is 1. The number of fused-ring (bicyclic) bond motifs is 1. The lowest BCUT2D eigenvalue weighted by molar-refractivity contribution is 0.731. The van der Waals surface area contributed by atoms with Gasteiger partial charge in [-0.2, -0.15) is 0 Å². The van der Waals surface area contributed by atoms with Gasteiger partial charge in [0.1, 0.15) is 0 Å². The van der Waals surface area contributed by atoms with Crippen molar-refractivity contribution in [2.75, 3.05) is 0 Å². The van der Waals surface area contributed by atoms with E-state index in [2.05, 4.69) is 43.8 Å². The molecule has 0 aromatic heterocycles. The van der Waals surface area contributed by atoms with Gasteiger partial charge in [0.05, 0.1) is 0 Å². The Kier molecular flexibility index (Phi) is 4.34. The molecular formula is C15H22S. The maximum Gasteiger partial charge on any atom is 0.0347 e. The minimum absolute atomic E-state index is 0.761. The molecular weight excluding hydrogens is 212 g/mol. The zero-order chi connectivity index (χ0) is 11.4. The highest BCUT2D eigenvalue weighted by Gasteiger charge is 2.29. The zero-order valence-electron chi connectivity index (χ0n) is 10.5. The first-order valence-electron chi connectivity index (χ1n) is 6.65. The maximum absolute atomic E-state index is 2.33. The molecule has 0 saturated carbocycles. The first kappa shape index (κ1) is 12.0. The second kappa shape index (κ2) is 5.77. The van der Waals surface area contributed by atoms with Crippen LogP contribution in [0.5, 0.6) is 0 Å². The van der Waals surface area contributed by atoms with Gasteiger partial charge in [-0.15, -0.1) is 11.8 Å². The summed E-state index contributed by atoms with van der Waals surface area (Å²) < 4.78 is 0.